The van der Waals surface area contributed by atoms with Gasteiger partial charge in [0.2, 0.25) is 11.6 Å². The van der Waals surface area contributed by atoms with Gasteiger partial charge in [0.1, 0.15) is 5.76 Å². The van der Waals surface area contributed by atoms with E-state index in [0.717, 1.165) is 24.8 Å². The minimum absolute atomic E-state index is 0.0177. The number of hydrogen-bond donors (Lipinski definition) is 1. The van der Waals surface area contributed by atoms with E-state index in [4.69, 9.17) is 0 Å². The molecule has 0 aliphatic heterocycles. The van der Waals surface area contributed by atoms with Crippen molar-refractivity contribution < 1.29 is 14.7 Å². The van der Waals surface area contributed by atoms with E-state index in [1.54, 1.807) is 6.07 Å². The summed E-state index contributed by atoms with van der Waals surface area (Å²) in [5.74, 6) is -1.20. The van der Waals surface area contributed by atoms with E-state index in [0.29, 0.717) is 11.1 Å². The molecule has 0 saturated heterocycles. The van der Waals surface area contributed by atoms with Crippen LogP contribution in [0, 0.1) is 5.92 Å². The number of benzene rings is 1. The molecule has 0 fully saturated rings. The fourth-order valence-electron chi connectivity index (χ4n) is 3.87. The van der Waals surface area contributed by atoms with Crippen LogP contribution in [0.1, 0.15) is 67.6 Å². The molecule has 1 aromatic rings. The summed E-state index contributed by atoms with van der Waals surface area (Å²) in [6.07, 6.45) is 2.97. The van der Waals surface area contributed by atoms with Gasteiger partial charge in [-0.25, -0.2) is 0 Å². The molecule has 3 rings (SSSR count). The van der Waals surface area contributed by atoms with Gasteiger partial charge in [-0.15, -0.1) is 0 Å². The highest BCUT2D eigenvalue weighted by Gasteiger charge is 2.38. The van der Waals surface area contributed by atoms with Gasteiger partial charge < -0.3 is 5.11 Å². The lowest BCUT2D eigenvalue weighted by molar-refractivity contribution is -0.112. The van der Waals surface area contributed by atoms with Crippen molar-refractivity contribution in [3.63, 3.8) is 0 Å². The van der Waals surface area contributed by atoms with Crippen molar-refractivity contribution in [2.24, 2.45) is 5.92 Å². The molecule has 2 aliphatic rings. The highest BCUT2D eigenvalue weighted by atomic mass is 16.3. The molecular weight excluding hydrogens is 276 g/mol. The average molecular weight is 298 g/mol. The summed E-state index contributed by atoms with van der Waals surface area (Å²) in [6, 6.07) is 3.68. The van der Waals surface area contributed by atoms with Crippen LogP contribution in [0.2, 0.25) is 0 Å². The normalized spacial score (nSPS) is 20.2. The molecule has 0 aromatic heterocycles. The average Bonchev–Trinajstić information content (AvgIpc) is 2.43. The topological polar surface area (TPSA) is 54.4 Å². The van der Waals surface area contributed by atoms with Crippen LogP contribution in [-0.2, 0) is 16.6 Å². The Hall–Kier alpha value is -1.90. The number of carbonyl (C=O) groups is 2. The maximum Gasteiger partial charge on any atom is 0.234 e. The molecule has 0 bridgehead atoms. The first-order chi connectivity index (χ1) is 10.3. The summed E-state index contributed by atoms with van der Waals surface area (Å²) in [6.45, 7) is 8.05. The predicted octanol–water partition coefficient (Wildman–Crippen LogP) is 3.99. The molecule has 0 radical (unpaired) electrons. The van der Waals surface area contributed by atoms with Crippen LogP contribution in [0.3, 0.4) is 0 Å². The van der Waals surface area contributed by atoms with Crippen LogP contribution >= 0.6 is 0 Å². The maximum atomic E-state index is 12.4. The van der Waals surface area contributed by atoms with Crippen molar-refractivity contribution in [2.75, 3.05) is 0 Å². The number of ketones is 2. The summed E-state index contributed by atoms with van der Waals surface area (Å²) >= 11 is 0. The Bertz CT molecular complexity index is 720. The number of aliphatic hydroxyl groups is 1. The largest absolute Gasteiger partial charge is 0.507 e. The van der Waals surface area contributed by atoms with Crippen molar-refractivity contribution in [2.45, 2.75) is 52.4 Å². The standard InChI is InChI=1S/C19H22O3/c1-10(2)14-17(21)15-11-6-5-9-19(3,4)13(11)8-7-12(15)16(20)18(14)22/h7-8,10,21H,5-6,9H2,1-4H3. The first-order valence-corrected chi connectivity index (χ1v) is 7.94. The zero-order valence-electron chi connectivity index (χ0n) is 13.6. The summed E-state index contributed by atoms with van der Waals surface area (Å²) in [5, 5.41) is 10.7. The van der Waals surface area contributed by atoms with Gasteiger partial charge in [-0.2, -0.15) is 0 Å². The Kier molecular flexibility index (Phi) is 3.28. The third-order valence-corrected chi connectivity index (χ3v) is 5.04. The second kappa shape index (κ2) is 4.80. The van der Waals surface area contributed by atoms with Gasteiger partial charge in [-0.3, -0.25) is 9.59 Å². The van der Waals surface area contributed by atoms with Crippen molar-refractivity contribution in [1.82, 2.24) is 0 Å². The predicted molar refractivity (Wildman–Crippen MR) is 86.1 cm³/mol. The van der Waals surface area contributed by atoms with E-state index >= 15 is 0 Å². The van der Waals surface area contributed by atoms with Crippen LogP contribution in [0.15, 0.2) is 17.7 Å². The molecule has 0 amide bonds. The number of hydrogen-bond acceptors (Lipinski definition) is 3. The van der Waals surface area contributed by atoms with E-state index in [9.17, 15) is 14.7 Å². The fourth-order valence-corrected chi connectivity index (χ4v) is 3.87. The monoisotopic (exact) mass is 298 g/mol. The van der Waals surface area contributed by atoms with Gasteiger partial charge in [-0.1, -0.05) is 33.8 Å². The van der Waals surface area contributed by atoms with Crippen LogP contribution in [0.5, 0.6) is 0 Å². The molecule has 1 N–H and O–H groups in total. The van der Waals surface area contributed by atoms with Gasteiger partial charge in [0.05, 0.1) is 0 Å². The lowest BCUT2D eigenvalue weighted by atomic mass is 9.69. The van der Waals surface area contributed by atoms with Crippen molar-refractivity contribution in [3.8, 4) is 0 Å². The van der Waals surface area contributed by atoms with E-state index < -0.39 is 11.6 Å². The summed E-state index contributed by atoms with van der Waals surface area (Å²) in [7, 11) is 0. The Morgan fingerprint density at radius 1 is 1.14 bits per heavy atom. The van der Waals surface area contributed by atoms with Gasteiger partial charge in [0, 0.05) is 16.7 Å². The second-order valence-electron chi connectivity index (χ2n) is 7.33. The minimum atomic E-state index is -0.560. The van der Waals surface area contributed by atoms with Crippen molar-refractivity contribution >= 4 is 17.3 Å². The molecule has 3 heteroatoms. The number of Topliss-reactive ketones (excluding diaryl/α,β-unsaturated/α-hetero) is 2. The first kappa shape index (κ1) is 15.0. The smallest absolute Gasteiger partial charge is 0.234 e. The first-order valence-electron chi connectivity index (χ1n) is 7.94. The molecule has 1 aromatic carbocycles. The lowest BCUT2D eigenvalue weighted by Gasteiger charge is -2.35. The molecule has 116 valence electrons. The van der Waals surface area contributed by atoms with Crippen molar-refractivity contribution in [1.29, 1.82) is 0 Å². The molecule has 0 spiro atoms. The zero-order chi connectivity index (χ0) is 16.2. The van der Waals surface area contributed by atoms with E-state index in [-0.39, 0.29) is 22.7 Å². The zero-order valence-corrected chi connectivity index (χ0v) is 13.6. The summed E-state index contributed by atoms with van der Waals surface area (Å²) in [5.41, 5.74) is 3.50. The van der Waals surface area contributed by atoms with Gasteiger partial charge in [-0.05, 0) is 47.8 Å². The third kappa shape index (κ3) is 1.95. The molecule has 0 unspecified atom stereocenters. The molecule has 22 heavy (non-hydrogen) atoms. The number of rotatable bonds is 1. The van der Waals surface area contributed by atoms with E-state index in [1.165, 1.54) is 5.56 Å². The van der Waals surface area contributed by atoms with Crippen LogP contribution in [0.4, 0.5) is 0 Å². The third-order valence-electron chi connectivity index (χ3n) is 5.04. The summed E-state index contributed by atoms with van der Waals surface area (Å²) < 4.78 is 0. The SMILES string of the molecule is CC(C)C1=C(O)c2c(ccc3c2CCCC3(C)C)C(=O)C1=O. The van der Waals surface area contributed by atoms with Crippen LogP contribution in [-0.4, -0.2) is 16.7 Å². The molecule has 0 saturated carbocycles. The maximum absolute atomic E-state index is 12.4. The number of aliphatic hydroxyl groups excluding tert-OH is 1. The number of fused-ring (bicyclic) bond motifs is 3. The fraction of sp³-hybridized carbons (Fsp3) is 0.474. The van der Waals surface area contributed by atoms with Gasteiger partial charge in [0.15, 0.2) is 0 Å². The van der Waals surface area contributed by atoms with Gasteiger partial charge >= 0.3 is 0 Å². The minimum Gasteiger partial charge on any atom is -0.507 e. The van der Waals surface area contributed by atoms with Gasteiger partial charge in [0.25, 0.3) is 0 Å². The van der Waals surface area contributed by atoms with E-state index in [2.05, 4.69) is 13.8 Å². The Balaban J connectivity index is 2.35. The Morgan fingerprint density at radius 3 is 2.45 bits per heavy atom. The highest BCUT2D eigenvalue weighted by molar-refractivity contribution is 6.52. The molecule has 3 nitrogen and oxygen atoms in total. The molecule has 2 aliphatic carbocycles. The molecular formula is C19H22O3. The molecule has 0 heterocycles. The number of allylic oxidation sites excluding steroid dienone is 1. The Morgan fingerprint density at radius 2 is 1.82 bits per heavy atom. The molecule has 0 atom stereocenters. The lowest BCUT2D eigenvalue weighted by Crippen LogP contribution is -2.31. The van der Waals surface area contributed by atoms with E-state index in [1.807, 2.05) is 19.9 Å². The second-order valence-corrected chi connectivity index (χ2v) is 7.33. The van der Waals surface area contributed by atoms with Crippen LogP contribution < -0.4 is 0 Å². The number of carbonyl (C=O) groups excluding carboxylic acids is 2. The highest BCUT2D eigenvalue weighted by Crippen LogP contribution is 2.43. The quantitative estimate of drug-likeness (QED) is 0.798. The van der Waals surface area contributed by atoms with Crippen molar-refractivity contribution in [3.05, 3.63) is 40.0 Å². The van der Waals surface area contributed by atoms with Crippen LogP contribution in [0.25, 0.3) is 5.76 Å². The summed E-state index contributed by atoms with van der Waals surface area (Å²) in [4.78, 5) is 24.7. The Labute approximate surface area is 131 Å².